The third-order valence-electron chi connectivity index (χ3n) is 5.99. The van der Waals surface area contributed by atoms with Gasteiger partial charge in [-0.05, 0) is 30.5 Å². The van der Waals surface area contributed by atoms with Gasteiger partial charge in [0.1, 0.15) is 11.3 Å². The molecule has 3 heterocycles. The van der Waals surface area contributed by atoms with Crippen LogP contribution in [-0.4, -0.2) is 40.0 Å². The molecule has 7 nitrogen and oxygen atoms in total. The minimum absolute atomic E-state index is 0.0216. The van der Waals surface area contributed by atoms with E-state index in [0.717, 1.165) is 28.0 Å². The van der Waals surface area contributed by atoms with Crippen molar-refractivity contribution in [2.75, 3.05) is 19.8 Å². The Morgan fingerprint density at radius 1 is 1.22 bits per heavy atom. The number of fused-ring (bicyclic) bond motifs is 5. The minimum Gasteiger partial charge on any atom is -0.493 e. The van der Waals surface area contributed by atoms with Gasteiger partial charge >= 0.3 is 5.97 Å². The van der Waals surface area contributed by atoms with Crippen molar-refractivity contribution < 1.29 is 19.4 Å². The average Bonchev–Trinajstić information content (AvgIpc) is 3.12. The summed E-state index contributed by atoms with van der Waals surface area (Å²) in [5, 5.41) is 10.0. The van der Waals surface area contributed by atoms with Crippen LogP contribution in [-0.2, 0) is 11.3 Å². The lowest BCUT2D eigenvalue weighted by Gasteiger charge is -2.39. The number of esters is 1. The van der Waals surface area contributed by atoms with Crippen LogP contribution in [0.15, 0.2) is 41.3 Å². The number of ether oxygens (including phenoxy) is 2. The van der Waals surface area contributed by atoms with E-state index in [4.69, 9.17) is 14.6 Å². The van der Waals surface area contributed by atoms with E-state index in [-0.39, 0.29) is 35.7 Å². The second-order valence-corrected chi connectivity index (χ2v) is 9.20. The van der Waals surface area contributed by atoms with Crippen LogP contribution in [0.2, 0.25) is 0 Å². The summed E-state index contributed by atoms with van der Waals surface area (Å²) >= 11 is 0. The largest absolute Gasteiger partial charge is 0.493 e. The maximum atomic E-state index is 12.9. The molecule has 7 heteroatoms. The Bertz CT molecular complexity index is 1220. The second kappa shape index (κ2) is 8.47. The molecule has 0 saturated carbocycles. The van der Waals surface area contributed by atoms with Crippen LogP contribution in [0.3, 0.4) is 0 Å². The lowest BCUT2D eigenvalue weighted by Crippen LogP contribution is -2.35. The number of aliphatic hydroxyl groups excluding tert-OH is 1. The van der Waals surface area contributed by atoms with Gasteiger partial charge in [-0.2, -0.15) is 0 Å². The number of pyridine rings is 1. The standard InChI is InChI=1S/C25H30N2O5/c1-5-31-24(30)17-14-27-20(13-21(17)29)19-12-16-18(26(19)15-23(27)25(2,3)4)8-6-9-22(16)32-11-7-10-28/h6,8-9,12-14,23,28H,5,7,10-11,15H2,1-4H3. The Kier molecular flexibility index (Phi) is 5.86. The van der Waals surface area contributed by atoms with Gasteiger partial charge in [0.25, 0.3) is 0 Å². The van der Waals surface area contributed by atoms with E-state index in [2.05, 4.69) is 31.4 Å². The predicted molar refractivity (Wildman–Crippen MR) is 123 cm³/mol. The van der Waals surface area contributed by atoms with Crippen LogP contribution in [0.5, 0.6) is 5.75 Å². The highest BCUT2D eigenvalue weighted by Gasteiger charge is 2.34. The van der Waals surface area contributed by atoms with E-state index < -0.39 is 5.97 Å². The molecule has 0 aliphatic carbocycles. The summed E-state index contributed by atoms with van der Waals surface area (Å²) in [5.41, 5.74) is 2.30. The third-order valence-corrected chi connectivity index (χ3v) is 5.99. The van der Waals surface area contributed by atoms with Crippen LogP contribution in [0.4, 0.5) is 0 Å². The number of aromatic nitrogens is 2. The molecule has 0 fully saturated rings. The molecule has 0 bridgehead atoms. The molecule has 1 unspecified atom stereocenters. The third kappa shape index (κ3) is 3.81. The van der Waals surface area contributed by atoms with Crippen LogP contribution >= 0.6 is 0 Å². The molecule has 0 saturated heterocycles. The number of carbonyl (C=O) groups excluding carboxylic acids is 1. The molecule has 0 spiro atoms. The van der Waals surface area contributed by atoms with Gasteiger partial charge < -0.3 is 23.7 Å². The van der Waals surface area contributed by atoms with E-state index in [1.807, 2.05) is 22.8 Å². The first-order valence-corrected chi connectivity index (χ1v) is 11.1. The van der Waals surface area contributed by atoms with Gasteiger partial charge in [0.05, 0.1) is 36.2 Å². The van der Waals surface area contributed by atoms with Crippen molar-refractivity contribution in [3.8, 4) is 17.1 Å². The van der Waals surface area contributed by atoms with Crippen molar-refractivity contribution in [1.82, 2.24) is 9.13 Å². The zero-order valence-electron chi connectivity index (χ0n) is 19.1. The number of hydrogen-bond donors (Lipinski definition) is 1. The molecule has 3 aromatic rings. The summed E-state index contributed by atoms with van der Waals surface area (Å²) in [4.78, 5) is 25.2. The SMILES string of the molecule is CCOC(=O)c1cn2c(cc1=O)-c1cc3c(OCCCO)cccc3n1CC2C(C)(C)C. The molecular formula is C25H30N2O5. The summed E-state index contributed by atoms with van der Waals surface area (Å²) in [5.74, 6) is 0.161. The quantitative estimate of drug-likeness (QED) is 0.465. The maximum absolute atomic E-state index is 12.9. The Balaban J connectivity index is 1.92. The Labute approximate surface area is 187 Å². The molecule has 32 heavy (non-hydrogen) atoms. The number of nitrogens with zero attached hydrogens (tertiary/aromatic N) is 2. The summed E-state index contributed by atoms with van der Waals surface area (Å²) in [6.07, 6.45) is 2.22. The average molecular weight is 439 g/mol. The molecule has 170 valence electrons. The minimum atomic E-state index is -0.592. The van der Waals surface area contributed by atoms with Crippen LogP contribution in [0.1, 0.15) is 50.5 Å². The first-order chi connectivity index (χ1) is 15.3. The molecule has 1 aliphatic heterocycles. The lowest BCUT2D eigenvalue weighted by atomic mass is 9.85. The van der Waals surface area contributed by atoms with E-state index in [9.17, 15) is 9.59 Å². The number of aliphatic hydroxyl groups is 1. The number of rotatable bonds is 6. The first kappa shape index (κ1) is 22.1. The van der Waals surface area contributed by atoms with Gasteiger partial charge in [0.2, 0.25) is 0 Å². The van der Waals surface area contributed by atoms with Gasteiger partial charge in [-0.25, -0.2) is 4.79 Å². The lowest BCUT2D eigenvalue weighted by molar-refractivity contribution is 0.0522. The van der Waals surface area contributed by atoms with E-state index in [0.29, 0.717) is 19.6 Å². The molecule has 1 aromatic carbocycles. The molecule has 1 atom stereocenters. The van der Waals surface area contributed by atoms with Crippen molar-refractivity contribution in [3.63, 3.8) is 0 Å². The summed E-state index contributed by atoms with van der Waals surface area (Å²) in [6.45, 7) is 9.62. The topological polar surface area (TPSA) is 82.7 Å². The first-order valence-electron chi connectivity index (χ1n) is 11.1. The summed E-state index contributed by atoms with van der Waals surface area (Å²) in [6, 6.07) is 9.54. The Hall–Kier alpha value is -3.06. The van der Waals surface area contributed by atoms with Gasteiger partial charge in [-0.1, -0.05) is 26.8 Å². The monoisotopic (exact) mass is 438 g/mol. The van der Waals surface area contributed by atoms with E-state index >= 15 is 0 Å². The smallest absolute Gasteiger partial charge is 0.343 e. The fourth-order valence-electron chi connectivity index (χ4n) is 4.37. The summed E-state index contributed by atoms with van der Waals surface area (Å²) < 4.78 is 15.3. The normalized spacial score (nSPS) is 15.3. The highest BCUT2D eigenvalue weighted by atomic mass is 16.5. The fourth-order valence-corrected chi connectivity index (χ4v) is 4.37. The number of carbonyl (C=O) groups is 1. The highest BCUT2D eigenvalue weighted by molar-refractivity contribution is 5.93. The molecule has 1 N–H and O–H groups in total. The molecule has 0 amide bonds. The zero-order chi connectivity index (χ0) is 23.0. The molecule has 2 aromatic heterocycles. The van der Waals surface area contributed by atoms with Crippen LogP contribution in [0, 0.1) is 5.41 Å². The molecular weight excluding hydrogens is 408 g/mol. The van der Waals surface area contributed by atoms with Crippen LogP contribution in [0.25, 0.3) is 22.3 Å². The second-order valence-electron chi connectivity index (χ2n) is 9.20. The Morgan fingerprint density at radius 3 is 2.69 bits per heavy atom. The van der Waals surface area contributed by atoms with Gasteiger partial charge in [-0.3, -0.25) is 4.79 Å². The molecule has 1 aliphatic rings. The highest BCUT2D eigenvalue weighted by Crippen LogP contribution is 2.43. The summed E-state index contributed by atoms with van der Waals surface area (Å²) in [7, 11) is 0. The van der Waals surface area contributed by atoms with Gasteiger partial charge in [0.15, 0.2) is 5.43 Å². The van der Waals surface area contributed by atoms with Gasteiger partial charge in [0, 0.05) is 37.2 Å². The Morgan fingerprint density at radius 2 is 2.00 bits per heavy atom. The molecule has 0 radical (unpaired) electrons. The fraction of sp³-hybridized carbons (Fsp3) is 0.440. The van der Waals surface area contributed by atoms with Crippen molar-refractivity contribution in [1.29, 1.82) is 0 Å². The van der Waals surface area contributed by atoms with Gasteiger partial charge in [-0.15, -0.1) is 0 Å². The number of hydrogen-bond acceptors (Lipinski definition) is 5. The van der Waals surface area contributed by atoms with E-state index in [1.54, 1.807) is 19.2 Å². The van der Waals surface area contributed by atoms with Crippen molar-refractivity contribution in [2.45, 2.75) is 46.7 Å². The van der Waals surface area contributed by atoms with Crippen LogP contribution < -0.4 is 10.2 Å². The maximum Gasteiger partial charge on any atom is 0.343 e. The van der Waals surface area contributed by atoms with E-state index in [1.165, 1.54) is 0 Å². The molecule has 4 rings (SSSR count). The zero-order valence-corrected chi connectivity index (χ0v) is 19.1. The van der Waals surface area contributed by atoms with Crippen molar-refractivity contribution >= 4 is 16.9 Å². The number of benzene rings is 1. The predicted octanol–water partition coefficient (Wildman–Crippen LogP) is 4.01. The van der Waals surface area contributed by atoms with Crippen molar-refractivity contribution in [2.24, 2.45) is 5.41 Å². The van der Waals surface area contributed by atoms with Crippen molar-refractivity contribution in [3.05, 3.63) is 52.3 Å².